The number of benzene rings is 1. The third-order valence-corrected chi connectivity index (χ3v) is 4.45. The highest BCUT2D eigenvalue weighted by Crippen LogP contribution is 2.32. The molecule has 1 aromatic heterocycles. The topological polar surface area (TPSA) is 85.4 Å². The Morgan fingerprint density at radius 1 is 1.35 bits per heavy atom. The van der Waals surface area contributed by atoms with Crippen LogP contribution in [0.5, 0.6) is 0 Å². The molecule has 0 unspecified atom stereocenters. The summed E-state index contributed by atoms with van der Waals surface area (Å²) in [6, 6.07) is 7.73. The minimum atomic E-state index is -0.557. The van der Waals surface area contributed by atoms with Crippen molar-refractivity contribution < 1.29 is 14.1 Å². The van der Waals surface area contributed by atoms with Crippen molar-refractivity contribution in [1.82, 2.24) is 5.32 Å². The van der Waals surface area contributed by atoms with Gasteiger partial charge in [0.25, 0.3) is 11.6 Å². The van der Waals surface area contributed by atoms with Crippen LogP contribution in [-0.2, 0) is 4.79 Å². The molecule has 0 bridgehead atoms. The van der Waals surface area contributed by atoms with Crippen molar-refractivity contribution >= 4 is 57.6 Å². The van der Waals surface area contributed by atoms with Crippen molar-refractivity contribution in [3.8, 4) is 11.3 Å². The Morgan fingerprint density at radius 2 is 2.13 bits per heavy atom. The molecular weight excluding hydrogens is 360 g/mol. The van der Waals surface area contributed by atoms with Crippen LogP contribution in [0.2, 0.25) is 5.02 Å². The van der Waals surface area contributed by atoms with Crippen molar-refractivity contribution in [2.75, 3.05) is 0 Å². The molecule has 0 atom stereocenters. The molecule has 2 aromatic rings. The second-order valence-electron chi connectivity index (χ2n) is 4.48. The molecule has 1 aliphatic heterocycles. The van der Waals surface area contributed by atoms with E-state index in [1.807, 2.05) is 0 Å². The van der Waals surface area contributed by atoms with E-state index in [0.29, 0.717) is 26.3 Å². The quantitative estimate of drug-likeness (QED) is 0.382. The van der Waals surface area contributed by atoms with Gasteiger partial charge in [0.1, 0.15) is 20.9 Å². The number of rotatable bonds is 3. The van der Waals surface area contributed by atoms with E-state index in [-0.39, 0.29) is 16.6 Å². The summed E-state index contributed by atoms with van der Waals surface area (Å²) in [6.07, 6.45) is 1.56. The van der Waals surface area contributed by atoms with E-state index < -0.39 is 4.92 Å². The summed E-state index contributed by atoms with van der Waals surface area (Å²) in [5, 5.41) is 13.5. The van der Waals surface area contributed by atoms with Crippen molar-refractivity contribution in [1.29, 1.82) is 0 Å². The van der Waals surface area contributed by atoms with Crippen LogP contribution in [-0.4, -0.2) is 15.2 Å². The molecule has 3 rings (SSSR count). The van der Waals surface area contributed by atoms with Crippen LogP contribution < -0.4 is 5.32 Å². The van der Waals surface area contributed by atoms with Gasteiger partial charge in [-0.15, -0.1) is 0 Å². The van der Waals surface area contributed by atoms with Crippen molar-refractivity contribution in [2.45, 2.75) is 0 Å². The molecular formula is C14H7ClN2O4S2. The highest BCUT2D eigenvalue weighted by molar-refractivity contribution is 8.26. The molecule has 116 valence electrons. The number of amides is 1. The number of furan rings is 1. The molecule has 6 nitrogen and oxygen atoms in total. The Kier molecular flexibility index (Phi) is 4.20. The highest BCUT2D eigenvalue weighted by atomic mass is 35.5. The van der Waals surface area contributed by atoms with E-state index >= 15 is 0 Å². The smallest absolute Gasteiger partial charge is 0.288 e. The van der Waals surface area contributed by atoms with Gasteiger partial charge < -0.3 is 9.73 Å². The molecule has 1 amide bonds. The average molecular weight is 367 g/mol. The lowest BCUT2D eigenvalue weighted by molar-refractivity contribution is -0.384. The van der Waals surface area contributed by atoms with E-state index in [2.05, 4.69) is 5.32 Å². The Labute approximate surface area is 144 Å². The van der Waals surface area contributed by atoms with Gasteiger partial charge in [0.2, 0.25) is 0 Å². The number of hydrogen-bond acceptors (Lipinski definition) is 6. The van der Waals surface area contributed by atoms with Crippen LogP contribution in [0.15, 0.2) is 39.7 Å². The van der Waals surface area contributed by atoms with Gasteiger partial charge in [-0.25, -0.2) is 0 Å². The molecule has 1 saturated heterocycles. The lowest BCUT2D eigenvalue weighted by atomic mass is 10.1. The normalized spacial score (nSPS) is 16.0. The maximum atomic E-state index is 11.6. The maximum absolute atomic E-state index is 11.6. The minimum Gasteiger partial charge on any atom is -0.457 e. The molecule has 0 saturated carbocycles. The molecule has 0 radical (unpaired) electrons. The molecule has 1 fully saturated rings. The van der Waals surface area contributed by atoms with E-state index in [1.54, 1.807) is 24.3 Å². The standard InChI is InChI=1S/C14H7ClN2O4S2/c15-9-3-1-7(5-10(9)17(19)20)11-4-2-8(21-11)6-12-13(18)16-14(22)23-12/h1-6H,(H,16,18,22). The summed E-state index contributed by atoms with van der Waals surface area (Å²) in [5.74, 6) is 0.600. The number of carbonyl (C=O) groups excluding carboxylic acids is 1. The van der Waals surface area contributed by atoms with Gasteiger partial charge in [0.15, 0.2) is 0 Å². The highest BCUT2D eigenvalue weighted by Gasteiger charge is 2.22. The van der Waals surface area contributed by atoms with Gasteiger partial charge in [-0.3, -0.25) is 14.9 Å². The lowest BCUT2D eigenvalue weighted by Crippen LogP contribution is -2.17. The van der Waals surface area contributed by atoms with Crippen LogP contribution in [0, 0.1) is 10.1 Å². The number of nitro groups is 1. The number of nitrogens with zero attached hydrogens (tertiary/aromatic N) is 1. The zero-order chi connectivity index (χ0) is 16.6. The summed E-state index contributed by atoms with van der Waals surface area (Å²) >= 11 is 11.8. The van der Waals surface area contributed by atoms with Crippen LogP contribution in [0.3, 0.4) is 0 Å². The van der Waals surface area contributed by atoms with Gasteiger partial charge >= 0.3 is 0 Å². The van der Waals surface area contributed by atoms with Crippen LogP contribution in [0.1, 0.15) is 5.76 Å². The number of halogens is 1. The zero-order valence-corrected chi connectivity index (χ0v) is 13.6. The third-order valence-electron chi connectivity index (χ3n) is 2.97. The molecule has 0 spiro atoms. The van der Waals surface area contributed by atoms with Gasteiger partial charge in [-0.05, 0) is 24.3 Å². The maximum Gasteiger partial charge on any atom is 0.288 e. The summed E-state index contributed by atoms with van der Waals surface area (Å²) in [6.45, 7) is 0. The van der Waals surface area contributed by atoms with E-state index in [1.165, 1.54) is 12.1 Å². The van der Waals surface area contributed by atoms with E-state index in [9.17, 15) is 14.9 Å². The number of nitrogens with one attached hydrogen (secondary N) is 1. The van der Waals surface area contributed by atoms with E-state index in [0.717, 1.165) is 11.8 Å². The fourth-order valence-corrected chi connectivity index (χ4v) is 3.15. The molecule has 1 aliphatic rings. The van der Waals surface area contributed by atoms with E-state index in [4.69, 9.17) is 28.2 Å². The van der Waals surface area contributed by atoms with Gasteiger partial charge in [-0.2, -0.15) is 0 Å². The monoisotopic (exact) mass is 366 g/mol. The number of nitro benzene ring substituents is 1. The summed E-state index contributed by atoms with van der Waals surface area (Å²) in [4.78, 5) is 22.4. The number of carbonyl (C=O) groups is 1. The first-order valence-electron chi connectivity index (χ1n) is 6.23. The first kappa shape index (κ1) is 15.7. The van der Waals surface area contributed by atoms with Crippen LogP contribution in [0.4, 0.5) is 5.69 Å². The Bertz CT molecular complexity index is 875. The van der Waals surface area contributed by atoms with Gasteiger partial charge in [0.05, 0.1) is 9.83 Å². The molecule has 9 heteroatoms. The number of thioether (sulfide) groups is 1. The predicted molar refractivity (Wildman–Crippen MR) is 92.1 cm³/mol. The molecule has 1 aromatic carbocycles. The average Bonchev–Trinajstić information content (AvgIpc) is 3.06. The minimum absolute atomic E-state index is 0.0557. The molecule has 0 aliphatic carbocycles. The Hall–Kier alpha value is -2.16. The summed E-state index contributed by atoms with van der Waals surface area (Å²) in [7, 11) is 0. The lowest BCUT2D eigenvalue weighted by Gasteiger charge is -1.99. The summed E-state index contributed by atoms with van der Waals surface area (Å²) in [5.41, 5.74) is 0.321. The van der Waals surface area contributed by atoms with Crippen molar-refractivity contribution in [3.63, 3.8) is 0 Å². The second kappa shape index (κ2) is 6.15. The predicted octanol–water partition coefficient (Wildman–Crippen LogP) is 4.00. The number of thiocarbonyl (C=S) groups is 1. The second-order valence-corrected chi connectivity index (χ2v) is 6.60. The van der Waals surface area contributed by atoms with Crippen LogP contribution in [0.25, 0.3) is 17.4 Å². The largest absolute Gasteiger partial charge is 0.457 e. The number of hydrogen-bond donors (Lipinski definition) is 1. The SMILES string of the molecule is O=C1NC(=S)SC1=Cc1ccc(-c2ccc(Cl)c([N+](=O)[O-])c2)o1. The van der Waals surface area contributed by atoms with Crippen LogP contribution >= 0.6 is 35.6 Å². The van der Waals surface area contributed by atoms with Gasteiger partial charge in [0, 0.05) is 17.7 Å². The molecule has 1 N–H and O–H groups in total. The Balaban J connectivity index is 1.92. The van der Waals surface area contributed by atoms with Crippen molar-refractivity contribution in [2.24, 2.45) is 0 Å². The van der Waals surface area contributed by atoms with Crippen molar-refractivity contribution in [3.05, 3.63) is 56.1 Å². The third kappa shape index (κ3) is 3.29. The fraction of sp³-hybridized carbons (Fsp3) is 0. The molecule has 2 heterocycles. The fourth-order valence-electron chi connectivity index (χ4n) is 1.94. The first-order valence-corrected chi connectivity index (χ1v) is 7.83. The summed E-state index contributed by atoms with van der Waals surface area (Å²) < 4.78 is 6.00. The zero-order valence-electron chi connectivity index (χ0n) is 11.2. The first-order chi connectivity index (χ1) is 10.9. The Morgan fingerprint density at radius 3 is 2.78 bits per heavy atom. The van der Waals surface area contributed by atoms with Gasteiger partial charge in [-0.1, -0.05) is 35.6 Å². The molecule has 23 heavy (non-hydrogen) atoms.